The van der Waals surface area contributed by atoms with Crippen LogP contribution in [0.4, 0.5) is 0 Å². The number of nitrogens with zero attached hydrogens (tertiary/aromatic N) is 3. The number of guanidine groups is 1. The predicted octanol–water partition coefficient (Wildman–Crippen LogP) is 3.13. The molecule has 6 heteroatoms. The van der Waals surface area contributed by atoms with E-state index in [1.807, 2.05) is 7.05 Å². The quantitative estimate of drug-likeness (QED) is 0.348. The summed E-state index contributed by atoms with van der Waals surface area (Å²) in [6, 6.07) is 17.7. The van der Waals surface area contributed by atoms with Gasteiger partial charge in [0.2, 0.25) is 0 Å². The summed E-state index contributed by atoms with van der Waals surface area (Å²) in [4.78, 5) is 32.9. The van der Waals surface area contributed by atoms with Crippen molar-refractivity contribution in [1.29, 1.82) is 0 Å². The third kappa shape index (κ3) is 4.08. The Morgan fingerprint density at radius 3 is 2.33 bits per heavy atom. The molecule has 2 aliphatic heterocycles. The van der Waals surface area contributed by atoms with Crippen molar-refractivity contribution in [3.05, 3.63) is 71.3 Å². The van der Waals surface area contributed by atoms with Gasteiger partial charge in [0, 0.05) is 39.1 Å². The first-order chi connectivity index (χ1) is 14.7. The molecule has 0 aromatic heterocycles. The Hall–Kier alpha value is -3.15. The molecule has 2 aromatic carbocycles. The lowest BCUT2D eigenvalue weighted by Gasteiger charge is -2.22. The molecular weight excluding hydrogens is 376 g/mol. The fraction of sp³-hybridized carbons (Fsp3) is 0.375. The van der Waals surface area contributed by atoms with Crippen molar-refractivity contribution in [2.75, 3.05) is 33.2 Å². The van der Waals surface area contributed by atoms with Crippen molar-refractivity contribution in [3.8, 4) is 0 Å². The molecule has 2 heterocycles. The monoisotopic (exact) mass is 404 g/mol. The van der Waals surface area contributed by atoms with E-state index >= 15 is 0 Å². The number of hydrogen-bond acceptors (Lipinski definition) is 3. The Morgan fingerprint density at radius 1 is 1.00 bits per heavy atom. The van der Waals surface area contributed by atoms with Crippen LogP contribution in [0.15, 0.2) is 59.6 Å². The van der Waals surface area contributed by atoms with Gasteiger partial charge >= 0.3 is 0 Å². The summed E-state index contributed by atoms with van der Waals surface area (Å²) in [5.74, 6) is 1.11. The number of unbranched alkanes of at least 4 members (excludes halogenated alkanes) is 1. The lowest BCUT2D eigenvalue weighted by atomic mass is 9.99. The van der Waals surface area contributed by atoms with Gasteiger partial charge in [-0.1, -0.05) is 42.5 Å². The molecule has 0 bridgehead atoms. The zero-order valence-electron chi connectivity index (χ0n) is 17.4. The molecule has 2 amide bonds. The number of carbonyl (C=O) groups excluding carboxylic acids is 2. The summed E-state index contributed by atoms with van der Waals surface area (Å²) in [7, 11) is 1.82. The smallest absolute Gasteiger partial charge is 0.261 e. The van der Waals surface area contributed by atoms with Crippen LogP contribution in [0.1, 0.15) is 51.5 Å². The molecule has 1 N–H and O–H groups in total. The Morgan fingerprint density at radius 2 is 1.67 bits per heavy atom. The number of benzene rings is 2. The van der Waals surface area contributed by atoms with E-state index in [0.717, 1.165) is 44.9 Å². The highest BCUT2D eigenvalue weighted by Gasteiger charge is 2.34. The Bertz CT molecular complexity index is 906. The first-order valence-electron chi connectivity index (χ1n) is 10.6. The molecule has 156 valence electrons. The van der Waals surface area contributed by atoms with Crippen LogP contribution in [-0.4, -0.2) is 60.8 Å². The fourth-order valence-corrected chi connectivity index (χ4v) is 4.32. The van der Waals surface area contributed by atoms with Gasteiger partial charge in [0.1, 0.15) is 0 Å². The number of amides is 2. The van der Waals surface area contributed by atoms with Crippen LogP contribution in [0.25, 0.3) is 0 Å². The molecule has 0 radical (unpaired) electrons. The van der Waals surface area contributed by atoms with Gasteiger partial charge in [0.05, 0.1) is 11.1 Å². The topological polar surface area (TPSA) is 65.0 Å². The maximum absolute atomic E-state index is 12.4. The van der Waals surface area contributed by atoms with Crippen LogP contribution in [-0.2, 0) is 0 Å². The van der Waals surface area contributed by atoms with Crippen molar-refractivity contribution < 1.29 is 9.59 Å². The average molecular weight is 405 g/mol. The van der Waals surface area contributed by atoms with Crippen molar-refractivity contribution in [2.45, 2.75) is 25.2 Å². The van der Waals surface area contributed by atoms with Crippen molar-refractivity contribution in [3.63, 3.8) is 0 Å². The molecule has 0 aliphatic carbocycles. The molecule has 2 aromatic rings. The van der Waals surface area contributed by atoms with E-state index in [9.17, 15) is 9.59 Å². The lowest BCUT2D eigenvalue weighted by Crippen LogP contribution is -2.40. The molecule has 6 nitrogen and oxygen atoms in total. The number of carbonyl (C=O) groups is 2. The Balaban J connectivity index is 1.21. The van der Waals surface area contributed by atoms with Crippen LogP contribution in [0.2, 0.25) is 0 Å². The first kappa shape index (κ1) is 20.1. The summed E-state index contributed by atoms with van der Waals surface area (Å²) in [5, 5.41) is 3.44. The van der Waals surface area contributed by atoms with Crippen LogP contribution in [0.3, 0.4) is 0 Å². The zero-order chi connectivity index (χ0) is 20.9. The molecule has 1 fully saturated rings. The number of aliphatic imine (C=N–C) groups is 1. The SMILES string of the molecule is CN=C(NCCCCN1C(=O)c2ccccc2C1=O)N1CCC(c2ccccc2)C1. The Kier molecular flexibility index (Phi) is 6.12. The van der Waals surface area contributed by atoms with Gasteiger partial charge in [-0.15, -0.1) is 0 Å². The number of hydrogen-bond donors (Lipinski definition) is 1. The normalized spacial score (nSPS) is 18.8. The molecule has 1 atom stereocenters. The third-order valence-electron chi connectivity index (χ3n) is 5.94. The van der Waals surface area contributed by atoms with E-state index < -0.39 is 0 Å². The number of fused-ring (bicyclic) bond motifs is 1. The van der Waals surface area contributed by atoms with Gasteiger partial charge in [0.25, 0.3) is 11.8 Å². The maximum Gasteiger partial charge on any atom is 0.261 e. The minimum Gasteiger partial charge on any atom is -0.356 e. The van der Waals surface area contributed by atoms with Gasteiger partial charge in [0.15, 0.2) is 5.96 Å². The predicted molar refractivity (Wildman–Crippen MR) is 118 cm³/mol. The third-order valence-corrected chi connectivity index (χ3v) is 5.94. The largest absolute Gasteiger partial charge is 0.356 e. The van der Waals surface area contributed by atoms with E-state index in [0.29, 0.717) is 23.6 Å². The van der Waals surface area contributed by atoms with Gasteiger partial charge in [-0.3, -0.25) is 19.5 Å². The fourth-order valence-electron chi connectivity index (χ4n) is 4.32. The van der Waals surface area contributed by atoms with Crippen LogP contribution < -0.4 is 5.32 Å². The molecule has 0 saturated carbocycles. The molecule has 2 aliphatic rings. The van der Waals surface area contributed by atoms with Gasteiger partial charge in [-0.25, -0.2) is 0 Å². The Labute approximate surface area is 177 Å². The van der Waals surface area contributed by atoms with E-state index in [1.165, 1.54) is 10.5 Å². The standard InChI is InChI=1S/C24H28N4O2/c1-25-24(27-16-13-19(17-27)18-9-3-2-4-10-18)26-14-7-8-15-28-22(29)20-11-5-6-12-21(20)23(28)30/h2-6,9-12,19H,7-8,13-17H2,1H3,(H,25,26). The number of likely N-dealkylation sites (tertiary alicyclic amines) is 1. The van der Waals surface area contributed by atoms with Crippen molar-refractivity contribution >= 4 is 17.8 Å². The summed E-state index contributed by atoms with van der Waals surface area (Å²) >= 11 is 0. The second kappa shape index (κ2) is 9.11. The minimum absolute atomic E-state index is 0.177. The zero-order valence-corrected chi connectivity index (χ0v) is 17.4. The van der Waals surface area contributed by atoms with Crippen LogP contribution in [0.5, 0.6) is 0 Å². The van der Waals surface area contributed by atoms with Gasteiger partial charge < -0.3 is 10.2 Å². The average Bonchev–Trinajstić information content (AvgIpc) is 3.36. The van der Waals surface area contributed by atoms with Gasteiger partial charge in [-0.2, -0.15) is 0 Å². The minimum atomic E-state index is -0.177. The number of nitrogens with one attached hydrogen (secondary N) is 1. The van der Waals surface area contributed by atoms with Crippen molar-refractivity contribution in [2.24, 2.45) is 4.99 Å². The van der Waals surface area contributed by atoms with Crippen molar-refractivity contribution in [1.82, 2.24) is 15.1 Å². The summed E-state index contributed by atoms with van der Waals surface area (Å²) in [6.45, 7) is 3.18. The van der Waals surface area contributed by atoms with Crippen LogP contribution in [0, 0.1) is 0 Å². The molecule has 1 unspecified atom stereocenters. The summed E-state index contributed by atoms with van der Waals surface area (Å²) < 4.78 is 0. The van der Waals surface area contributed by atoms with E-state index in [1.54, 1.807) is 24.3 Å². The molecular formula is C24H28N4O2. The van der Waals surface area contributed by atoms with E-state index in [-0.39, 0.29) is 11.8 Å². The summed E-state index contributed by atoms with van der Waals surface area (Å²) in [6.07, 6.45) is 2.76. The molecule has 4 rings (SSSR count). The van der Waals surface area contributed by atoms with E-state index in [4.69, 9.17) is 0 Å². The highest BCUT2D eigenvalue weighted by molar-refractivity contribution is 6.21. The number of rotatable bonds is 6. The van der Waals surface area contributed by atoms with E-state index in [2.05, 4.69) is 45.5 Å². The molecule has 30 heavy (non-hydrogen) atoms. The molecule has 0 spiro atoms. The lowest BCUT2D eigenvalue weighted by molar-refractivity contribution is 0.0652. The van der Waals surface area contributed by atoms with Gasteiger partial charge in [-0.05, 0) is 37.0 Å². The molecule has 1 saturated heterocycles. The first-order valence-corrected chi connectivity index (χ1v) is 10.6. The highest BCUT2D eigenvalue weighted by atomic mass is 16.2. The summed E-state index contributed by atoms with van der Waals surface area (Å²) in [5.41, 5.74) is 2.42. The second-order valence-corrected chi connectivity index (χ2v) is 7.83. The highest BCUT2D eigenvalue weighted by Crippen LogP contribution is 2.27. The second-order valence-electron chi connectivity index (χ2n) is 7.83. The number of imide groups is 1. The maximum atomic E-state index is 12.4. The van der Waals surface area contributed by atoms with Crippen LogP contribution >= 0.6 is 0 Å².